The van der Waals surface area contributed by atoms with Gasteiger partial charge in [0.1, 0.15) is 5.75 Å². The van der Waals surface area contributed by atoms with Gasteiger partial charge in [-0.2, -0.15) is 0 Å². The number of nitrogens with zero attached hydrogens (tertiary/aromatic N) is 1. The molecule has 0 atom stereocenters. The van der Waals surface area contributed by atoms with Gasteiger partial charge in [-0.15, -0.1) is 0 Å². The van der Waals surface area contributed by atoms with Crippen LogP contribution in [0.5, 0.6) is 5.75 Å². The summed E-state index contributed by atoms with van der Waals surface area (Å²) in [6.07, 6.45) is 1.85. The molecule has 5 rings (SSSR count). The summed E-state index contributed by atoms with van der Waals surface area (Å²) in [5.74, 6) is 0.691. The molecule has 0 radical (unpaired) electrons. The highest BCUT2D eigenvalue weighted by Gasteiger charge is 2.14. The van der Waals surface area contributed by atoms with E-state index < -0.39 is 10.0 Å². The molecule has 0 aliphatic heterocycles. The minimum atomic E-state index is -3.72. The van der Waals surface area contributed by atoms with Crippen LogP contribution in [0.25, 0.3) is 21.5 Å². The fraction of sp³-hybridized carbons (Fsp3) is 0.0690. The summed E-state index contributed by atoms with van der Waals surface area (Å²) in [5.41, 5.74) is 2.17. The molecular weight excluding hydrogens is 456 g/mol. The topological polar surface area (TPSA) is 67.8 Å². The van der Waals surface area contributed by atoms with E-state index in [0.29, 0.717) is 23.7 Å². The molecule has 0 heterocycles. The number of fused-ring (bicyclic) bond motifs is 2. The number of aliphatic imine (C=N–C) groups is 1. The molecule has 5 aromatic rings. The monoisotopic (exact) mass is 480 g/mol. The van der Waals surface area contributed by atoms with Gasteiger partial charge in [0.25, 0.3) is 10.0 Å². The normalized spacial score (nSPS) is 11.8. The quantitative estimate of drug-likeness (QED) is 0.203. The van der Waals surface area contributed by atoms with Gasteiger partial charge in [0.05, 0.1) is 17.2 Å². The van der Waals surface area contributed by atoms with Crippen LogP contribution in [0.15, 0.2) is 113 Å². The van der Waals surface area contributed by atoms with Crippen LogP contribution < -0.4 is 9.46 Å². The van der Waals surface area contributed by atoms with E-state index >= 15 is 0 Å². The number of hydrogen-bond donors (Lipinski definition) is 1. The zero-order valence-electron chi connectivity index (χ0n) is 19.2. The van der Waals surface area contributed by atoms with Crippen molar-refractivity contribution in [2.24, 2.45) is 4.99 Å². The third kappa shape index (κ3) is 4.88. The lowest BCUT2D eigenvalue weighted by molar-refractivity contribution is 0.340. The maximum atomic E-state index is 12.8. The van der Waals surface area contributed by atoms with Crippen LogP contribution in [0.3, 0.4) is 0 Å². The third-order valence-corrected chi connectivity index (χ3v) is 7.12. The van der Waals surface area contributed by atoms with Gasteiger partial charge in [0.2, 0.25) is 0 Å². The van der Waals surface area contributed by atoms with Crippen molar-refractivity contribution < 1.29 is 13.2 Å². The molecule has 1 N–H and O–H groups in total. The molecule has 0 unspecified atom stereocenters. The molecule has 0 aliphatic carbocycles. The average Bonchev–Trinajstić information content (AvgIpc) is 2.88. The van der Waals surface area contributed by atoms with E-state index in [1.165, 1.54) is 0 Å². The van der Waals surface area contributed by atoms with Crippen molar-refractivity contribution in [2.75, 3.05) is 11.3 Å². The third-order valence-electron chi connectivity index (χ3n) is 5.72. The Kier molecular flexibility index (Phi) is 6.21. The van der Waals surface area contributed by atoms with Gasteiger partial charge in [-0.3, -0.25) is 9.71 Å². The van der Waals surface area contributed by atoms with Crippen molar-refractivity contribution in [3.05, 3.63) is 109 Å². The van der Waals surface area contributed by atoms with E-state index in [1.54, 1.807) is 48.5 Å². The molecule has 0 aliphatic rings. The summed E-state index contributed by atoms with van der Waals surface area (Å²) in [6.45, 7) is 2.45. The Bertz CT molecular complexity index is 1570. The molecule has 0 fully saturated rings. The van der Waals surface area contributed by atoms with E-state index in [1.807, 2.05) is 37.4 Å². The average molecular weight is 481 g/mol. The van der Waals surface area contributed by atoms with Gasteiger partial charge < -0.3 is 4.74 Å². The standard InChI is InChI=1S/C29H24N2O3S/c1-2-34-25-15-11-24(12-16-25)31-35(32,33)26-17-13-23(14-18-26)30-20-29-27-9-5-3-7-21(27)19-22-8-4-6-10-28(22)29/h3-20,31H,2H2,1H3. The van der Waals surface area contributed by atoms with Crippen molar-refractivity contribution in [1.82, 2.24) is 0 Å². The summed E-state index contributed by atoms with van der Waals surface area (Å²) < 4.78 is 33.6. The Hall–Kier alpha value is -4.16. The molecule has 0 saturated carbocycles. The van der Waals surface area contributed by atoms with Crippen LogP contribution in [-0.4, -0.2) is 21.2 Å². The highest BCUT2D eigenvalue weighted by atomic mass is 32.2. The minimum absolute atomic E-state index is 0.168. The van der Waals surface area contributed by atoms with Crippen molar-refractivity contribution in [3.8, 4) is 5.75 Å². The largest absolute Gasteiger partial charge is 0.494 e. The second kappa shape index (κ2) is 9.60. The molecule has 5 aromatic carbocycles. The number of benzene rings is 5. The fourth-order valence-electron chi connectivity index (χ4n) is 4.04. The summed E-state index contributed by atoms with van der Waals surface area (Å²) in [4.78, 5) is 4.82. The number of anilines is 1. The Labute approximate surface area is 204 Å². The van der Waals surface area contributed by atoms with E-state index in [9.17, 15) is 8.42 Å². The van der Waals surface area contributed by atoms with Crippen LogP contribution in [0.2, 0.25) is 0 Å². The van der Waals surface area contributed by atoms with E-state index in [0.717, 1.165) is 27.1 Å². The van der Waals surface area contributed by atoms with Gasteiger partial charge in [0, 0.05) is 17.5 Å². The van der Waals surface area contributed by atoms with Crippen molar-refractivity contribution in [3.63, 3.8) is 0 Å². The zero-order chi connectivity index (χ0) is 24.3. The van der Waals surface area contributed by atoms with Gasteiger partial charge in [-0.1, -0.05) is 48.5 Å². The van der Waals surface area contributed by atoms with Crippen molar-refractivity contribution >= 4 is 49.2 Å². The molecule has 0 spiro atoms. The maximum absolute atomic E-state index is 12.8. The van der Waals surface area contributed by atoms with E-state index in [-0.39, 0.29) is 4.90 Å². The predicted octanol–water partition coefficient (Wildman–Crippen LogP) is 6.94. The molecule has 0 aromatic heterocycles. The number of ether oxygens (including phenoxy) is 1. The number of rotatable bonds is 7. The lowest BCUT2D eigenvalue weighted by Crippen LogP contribution is -2.12. The van der Waals surface area contributed by atoms with Gasteiger partial charge >= 0.3 is 0 Å². The molecule has 35 heavy (non-hydrogen) atoms. The lowest BCUT2D eigenvalue weighted by atomic mass is 9.97. The molecule has 174 valence electrons. The smallest absolute Gasteiger partial charge is 0.261 e. The highest BCUT2D eigenvalue weighted by Crippen LogP contribution is 2.28. The van der Waals surface area contributed by atoms with Crippen LogP contribution in [0, 0.1) is 0 Å². The maximum Gasteiger partial charge on any atom is 0.261 e. The van der Waals surface area contributed by atoms with Gasteiger partial charge in [-0.25, -0.2) is 8.42 Å². The summed E-state index contributed by atoms with van der Waals surface area (Å²) >= 11 is 0. The first-order valence-electron chi connectivity index (χ1n) is 11.3. The Morgan fingerprint density at radius 1 is 0.800 bits per heavy atom. The molecule has 5 nitrogen and oxygen atoms in total. The number of sulfonamides is 1. The second-order valence-electron chi connectivity index (χ2n) is 8.05. The summed E-state index contributed by atoms with van der Waals surface area (Å²) in [7, 11) is -3.72. The fourth-order valence-corrected chi connectivity index (χ4v) is 5.10. The first-order chi connectivity index (χ1) is 17.0. The van der Waals surface area contributed by atoms with E-state index in [2.05, 4.69) is 40.0 Å². The Morgan fingerprint density at radius 3 is 2.00 bits per heavy atom. The van der Waals surface area contributed by atoms with Gasteiger partial charge in [0.15, 0.2) is 0 Å². The SMILES string of the molecule is CCOc1ccc(NS(=O)(=O)c2ccc(N=Cc3c4ccccc4cc4ccccc34)cc2)cc1. The van der Waals surface area contributed by atoms with Crippen molar-refractivity contribution in [1.29, 1.82) is 0 Å². The minimum Gasteiger partial charge on any atom is -0.494 e. The summed E-state index contributed by atoms with van der Waals surface area (Å²) in [5, 5.41) is 4.53. The number of hydrogen-bond acceptors (Lipinski definition) is 4. The lowest BCUT2D eigenvalue weighted by Gasteiger charge is -2.10. The second-order valence-corrected chi connectivity index (χ2v) is 9.73. The van der Waals surface area contributed by atoms with Crippen LogP contribution >= 0.6 is 0 Å². The van der Waals surface area contributed by atoms with Crippen molar-refractivity contribution in [2.45, 2.75) is 11.8 Å². The summed E-state index contributed by atoms with van der Waals surface area (Å²) in [6, 6.07) is 32.0. The zero-order valence-corrected chi connectivity index (χ0v) is 20.0. The molecule has 0 saturated heterocycles. The highest BCUT2D eigenvalue weighted by molar-refractivity contribution is 7.92. The van der Waals surface area contributed by atoms with Gasteiger partial charge in [-0.05, 0) is 83.1 Å². The molecule has 0 bridgehead atoms. The van der Waals surface area contributed by atoms with E-state index in [4.69, 9.17) is 4.74 Å². The van der Waals surface area contributed by atoms with Crippen LogP contribution in [0.4, 0.5) is 11.4 Å². The molecule has 0 amide bonds. The molecule has 6 heteroatoms. The first kappa shape index (κ1) is 22.6. The molecular formula is C29H24N2O3S. The van der Waals surface area contributed by atoms with Crippen LogP contribution in [0.1, 0.15) is 12.5 Å². The predicted molar refractivity (Wildman–Crippen MR) is 144 cm³/mol. The number of nitrogens with one attached hydrogen (secondary N) is 1. The first-order valence-corrected chi connectivity index (χ1v) is 12.8. The Balaban J connectivity index is 1.40. The Morgan fingerprint density at radius 2 is 1.40 bits per heavy atom. The van der Waals surface area contributed by atoms with Crippen LogP contribution in [-0.2, 0) is 10.0 Å².